The van der Waals surface area contributed by atoms with E-state index in [-0.39, 0.29) is 51.5 Å². The molecule has 0 spiro atoms. The highest BCUT2D eigenvalue weighted by atomic mass is 35.5. The van der Waals surface area contributed by atoms with Crippen LogP contribution in [0.3, 0.4) is 0 Å². The SMILES string of the molecule is CC(C)n1cnc2c1N=C(SCCC(F)(F)F)N(c1ccc(Cl)cc1)C2.CCCn1cnc2c(=O)n(-c3ccc(Cl)cc3)c(SCCC(F)(F)F)nc21.CCCn1cnc2c(=O)n(-c3ccc(Cl)cc3)c(SCCCC(F)(F)F)nc21. The summed E-state index contributed by atoms with van der Waals surface area (Å²) in [7, 11) is 0. The highest BCUT2D eigenvalue weighted by molar-refractivity contribution is 8.14. The van der Waals surface area contributed by atoms with E-state index in [1.807, 2.05) is 49.3 Å². The normalized spacial score (nSPS) is 12.9. The van der Waals surface area contributed by atoms with Gasteiger partial charge in [-0.25, -0.2) is 29.9 Å². The lowest BCUT2D eigenvalue weighted by Crippen LogP contribution is -2.31. The van der Waals surface area contributed by atoms with Gasteiger partial charge in [0.15, 0.2) is 43.6 Å². The van der Waals surface area contributed by atoms with E-state index < -0.39 is 43.4 Å². The predicted octanol–water partition coefficient (Wildman–Crippen LogP) is 15.6. The standard InChI is InChI=1S/C18H18ClF3N4OS.C17H16ClF3N4OS.C17H18ClF3N4S/c1-2-9-25-11-23-14-15(25)24-17(28-10-3-8-18(20,21)22)26(16(14)27)13-6-4-12(19)5-7-13;1-2-8-24-10-22-13-14(24)23-16(27-9-7-17(19,20)21)25(15(13)26)12-5-3-11(18)4-6-12;1-11(2)25-10-22-14-9-24(13-5-3-12(18)4-6-13)16(23-15(14)25)26-8-7-17(19,20)21/h4-7,11H,2-3,8-10H2,1H3;3-6,10H,2,7-9H2,1H3;3-6,10-11H,7-9H2,1-2H3. The van der Waals surface area contributed by atoms with Crippen molar-refractivity contribution in [3.05, 3.63) is 133 Å². The largest absolute Gasteiger partial charge is 0.389 e. The molecule has 0 aliphatic carbocycles. The Kier molecular flexibility index (Phi) is 21.4. The molecule has 0 saturated carbocycles. The Morgan fingerprint density at radius 2 is 0.975 bits per heavy atom. The van der Waals surface area contributed by atoms with Crippen LogP contribution in [-0.2, 0) is 19.6 Å². The predicted molar refractivity (Wildman–Crippen MR) is 305 cm³/mol. The number of nitrogens with zero attached hydrogens (tertiary/aromatic N) is 12. The summed E-state index contributed by atoms with van der Waals surface area (Å²) in [4.78, 5) is 54.3. The van der Waals surface area contributed by atoms with Crippen LogP contribution in [0.25, 0.3) is 33.7 Å². The van der Waals surface area contributed by atoms with E-state index in [0.717, 1.165) is 59.5 Å². The molecule has 81 heavy (non-hydrogen) atoms. The van der Waals surface area contributed by atoms with E-state index in [2.05, 4.69) is 29.9 Å². The number of aromatic nitrogens is 10. The molecule has 14 nitrogen and oxygen atoms in total. The first-order chi connectivity index (χ1) is 38.3. The number of aliphatic imine (C=N–C) groups is 1. The van der Waals surface area contributed by atoms with Crippen molar-refractivity contribution in [1.82, 2.24) is 47.8 Å². The van der Waals surface area contributed by atoms with Gasteiger partial charge < -0.3 is 18.6 Å². The number of halogens is 12. The van der Waals surface area contributed by atoms with Crippen LogP contribution in [0.5, 0.6) is 0 Å². The fourth-order valence-electron chi connectivity index (χ4n) is 7.85. The minimum atomic E-state index is -4.27. The average Bonchev–Trinajstić information content (AvgIpc) is 4.36. The molecule has 0 amide bonds. The summed E-state index contributed by atoms with van der Waals surface area (Å²) >= 11 is 20.9. The maximum absolute atomic E-state index is 13.1. The second-order valence-corrected chi connectivity index (χ2v) is 22.7. The number of aryl methyl sites for hydroxylation is 2. The van der Waals surface area contributed by atoms with Crippen molar-refractivity contribution in [3.8, 4) is 11.4 Å². The first-order valence-corrected chi connectivity index (χ1v) is 29.2. The minimum Gasteiger partial charge on any atom is -0.315 e. The lowest BCUT2D eigenvalue weighted by molar-refractivity contribution is -0.134. The third-order valence-corrected chi connectivity index (χ3v) is 15.4. The number of hydrogen-bond acceptors (Lipinski definition) is 12. The Balaban J connectivity index is 0.000000175. The van der Waals surface area contributed by atoms with Crippen molar-refractivity contribution in [2.75, 3.05) is 22.2 Å². The van der Waals surface area contributed by atoms with Gasteiger partial charge in [0.1, 0.15) is 5.69 Å². The summed E-state index contributed by atoms with van der Waals surface area (Å²) in [6.45, 7) is 9.70. The van der Waals surface area contributed by atoms with Gasteiger partial charge in [-0.3, -0.25) is 18.7 Å². The summed E-state index contributed by atoms with van der Waals surface area (Å²) in [5, 5.41) is 2.65. The number of thioether (sulfide) groups is 3. The molecule has 3 aromatic carbocycles. The Morgan fingerprint density at radius 3 is 1.40 bits per heavy atom. The van der Waals surface area contributed by atoms with Gasteiger partial charge in [0.05, 0.1) is 49.7 Å². The molecule has 1 aliphatic rings. The van der Waals surface area contributed by atoms with E-state index in [1.54, 1.807) is 82.5 Å². The summed E-state index contributed by atoms with van der Waals surface area (Å²) < 4.78 is 121. The number of hydrogen-bond donors (Lipinski definition) is 0. The van der Waals surface area contributed by atoms with Crippen molar-refractivity contribution in [3.63, 3.8) is 0 Å². The number of amidine groups is 1. The lowest BCUT2D eigenvalue weighted by atomic mass is 10.2. The van der Waals surface area contributed by atoms with E-state index >= 15 is 0 Å². The molecule has 1 aliphatic heterocycles. The molecule has 0 radical (unpaired) electrons. The fourth-order valence-corrected chi connectivity index (χ4v) is 11.1. The lowest BCUT2D eigenvalue weighted by Gasteiger charge is -2.29. The van der Waals surface area contributed by atoms with Gasteiger partial charge in [-0.2, -0.15) is 39.5 Å². The fraction of sp³-hybridized carbons (Fsp3) is 0.385. The topological polar surface area (TPSA) is 139 Å². The van der Waals surface area contributed by atoms with Gasteiger partial charge in [-0.05, 0) is 106 Å². The molecule has 434 valence electrons. The second-order valence-electron chi connectivity index (χ2n) is 18.2. The van der Waals surface area contributed by atoms with E-state index in [1.165, 1.54) is 15.5 Å². The molecule has 29 heteroatoms. The van der Waals surface area contributed by atoms with E-state index in [0.29, 0.717) is 73.5 Å². The Bertz CT molecular complexity index is 3550. The van der Waals surface area contributed by atoms with E-state index in [4.69, 9.17) is 34.8 Å². The Morgan fingerprint density at radius 1 is 0.556 bits per heavy atom. The molecule has 0 unspecified atom stereocenters. The molecule has 0 N–H and O–H groups in total. The number of alkyl halides is 9. The second kappa shape index (κ2) is 27.6. The molecule has 8 aromatic rings. The summed E-state index contributed by atoms with van der Waals surface area (Å²) in [6, 6.07) is 20.4. The van der Waals surface area contributed by atoms with Crippen LogP contribution in [0.4, 0.5) is 51.0 Å². The summed E-state index contributed by atoms with van der Waals surface area (Å²) in [6.07, 6.45) is -8.96. The molecule has 5 aromatic heterocycles. The third kappa shape index (κ3) is 17.0. The number of fused-ring (bicyclic) bond motifs is 3. The molecular formula is C52H52Cl3F9N12O2S3. The van der Waals surface area contributed by atoms with Crippen LogP contribution < -0.4 is 16.0 Å². The van der Waals surface area contributed by atoms with E-state index in [9.17, 15) is 49.1 Å². The van der Waals surface area contributed by atoms with Gasteiger partial charge in [0.25, 0.3) is 11.1 Å². The number of imidazole rings is 3. The van der Waals surface area contributed by atoms with Crippen LogP contribution >= 0.6 is 70.1 Å². The molecule has 0 fully saturated rings. The van der Waals surface area contributed by atoms with Crippen molar-refractivity contribution in [1.29, 1.82) is 0 Å². The van der Waals surface area contributed by atoms with Crippen molar-refractivity contribution < 1.29 is 39.5 Å². The highest BCUT2D eigenvalue weighted by Crippen LogP contribution is 2.36. The van der Waals surface area contributed by atoms with Gasteiger partial charge in [0.2, 0.25) is 0 Å². The molecule has 0 atom stereocenters. The first-order valence-electron chi connectivity index (χ1n) is 25.1. The molecule has 0 saturated heterocycles. The first kappa shape index (κ1) is 62.9. The van der Waals surface area contributed by atoms with Gasteiger partial charge in [-0.1, -0.05) is 83.9 Å². The number of rotatable bonds is 17. The zero-order chi connectivity index (χ0) is 58.8. The molecular weight excluding hydrogens is 1200 g/mol. The maximum Gasteiger partial charge on any atom is 0.389 e. The van der Waals surface area contributed by atoms with Crippen LogP contribution in [0.15, 0.2) is 117 Å². The van der Waals surface area contributed by atoms with Gasteiger partial charge in [-0.15, -0.1) is 0 Å². The Hall–Kier alpha value is -5.67. The molecule has 0 bridgehead atoms. The quantitative estimate of drug-likeness (QED) is 0.0373. The summed E-state index contributed by atoms with van der Waals surface area (Å²) in [5.74, 6) is 0.571. The highest BCUT2D eigenvalue weighted by Gasteiger charge is 2.31. The average molecular weight is 1250 g/mol. The minimum absolute atomic E-state index is 0.0586. The number of benzene rings is 3. The zero-order valence-corrected chi connectivity index (χ0v) is 48.4. The van der Waals surface area contributed by atoms with Crippen LogP contribution in [0.2, 0.25) is 15.1 Å². The Labute approximate surface area is 486 Å². The smallest absolute Gasteiger partial charge is 0.315 e. The van der Waals surface area contributed by atoms with Crippen molar-refractivity contribution in [2.45, 2.75) is 121 Å². The third-order valence-electron chi connectivity index (χ3n) is 11.7. The van der Waals surface area contributed by atoms with Crippen LogP contribution in [-0.4, -0.2) is 88.7 Å². The maximum atomic E-state index is 13.1. The number of anilines is 1. The molecule has 9 rings (SSSR count). The van der Waals surface area contributed by atoms with Crippen molar-refractivity contribution >= 4 is 109 Å². The van der Waals surface area contributed by atoms with Gasteiger partial charge >= 0.3 is 18.5 Å². The van der Waals surface area contributed by atoms with Crippen molar-refractivity contribution in [2.24, 2.45) is 4.99 Å². The van der Waals surface area contributed by atoms with Crippen LogP contribution in [0, 0.1) is 0 Å². The summed E-state index contributed by atoms with van der Waals surface area (Å²) in [5.41, 5.74) is 3.06. The monoisotopic (exact) mass is 1250 g/mol. The zero-order valence-electron chi connectivity index (χ0n) is 43.7. The van der Waals surface area contributed by atoms with Gasteiger partial charge in [0, 0.05) is 63.6 Å². The van der Waals surface area contributed by atoms with Crippen LogP contribution in [0.1, 0.15) is 78.0 Å². The molecule has 6 heterocycles.